The summed E-state index contributed by atoms with van der Waals surface area (Å²) in [5.74, 6) is 0.714. The van der Waals surface area contributed by atoms with E-state index in [1.54, 1.807) is 0 Å². The average molecular weight is 410 g/mol. The van der Waals surface area contributed by atoms with Gasteiger partial charge in [-0.2, -0.15) is 0 Å². The predicted octanol–water partition coefficient (Wildman–Crippen LogP) is 5.22. The van der Waals surface area contributed by atoms with Crippen LogP contribution in [0.2, 0.25) is 0 Å². The molecule has 30 heavy (non-hydrogen) atoms. The van der Waals surface area contributed by atoms with E-state index in [9.17, 15) is 4.79 Å². The molecular weight excluding hydrogens is 370 g/mol. The van der Waals surface area contributed by atoms with Crippen molar-refractivity contribution in [1.29, 1.82) is 0 Å². The number of piperidine rings is 1. The second kappa shape index (κ2) is 8.03. The fourth-order valence-corrected chi connectivity index (χ4v) is 5.83. The van der Waals surface area contributed by atoms with Gasteiger partial charge in [-0.1, -0.05) is 39.8 Å². The number of H-pyrrole nitrogens is 1. The molecule has 164 valence electrons. The largest absolute Gasteiger partial charge is 0.358 e. The summed E-state index contributed by atoms with van der Waals surface area (Å²) in [5.41, 5.74) is 6.71. The molecule has 1 amide bonds. The van der Waals surface area contributed by atoms with E-state index < -0.39 is 0 Å². The number of rotatable bonds is 6. The standard InChI is InChI=1S/C26H39N3O/c1-7-12-29-15-18(28-25(30)26(6,8-2)9-3)13-21-19-11-10-16(4)24-23(19)20(14-22(21)29)17(5)27-24/h10-11,18,21-22,27H,7-9,12-15H2,1-6H3,(H,28,30)/t18-,21+,22+/m0/s1. The average Bonchev–Trinajstić information content (AvgIpc) is 3.07. The van der Waals surface area contributed by atoms with Crippen LogP contribution in [-0.2, 0) is 11.2 Å². The highest BCUT2D eigenvalue weighted by atomic mass is 16.2. The molecule has 4 heteroatoms. The topological polar surface area (TPSA) is 48.1 Å². The number of aryl methyl sites for hydroxylation is 2. The molecule has 0 spiro atoms. The van der Waals surface area contributed by atoms with E-state index in [0.29, 0.717) is 12.0 Å². The minimum atomic E-state index is -0.263. The van der Waals surface area contributed by atoms with Gasteiger partial charge in [0.05, 0.1) is 0 Å². The Balaban J connectivity index is 1.69. The van der Waals surface area contributed by atoms with Gasteiger partial charge in [-0.25, -0.2) is 0 Å². The van der Waals surface area contributed by atoms with E-state index in [4.69, 9.17) is 0 Å². The summed E-state index contributed by atoms with van der Waals surface area (Å²) in [5, 5.41) is 4.93. The number of benzene rings is 1. The molecule has 0 bridgehead atoms. The Morgan fingerprint density at radius 2 is 1.97 bits per heavy atom. The first-order chi connectivity index (χ1) is 14.3. The van der Waals surface area contributed by atoms with E-state index in [-0.39, 0.29) is 17.4 Å². The van der Waals surface area contributed by atoms with Gasteiger partial charge >= 0.3 is 0 Å². The molecule has 4 nitrogen and oxygen atoms in total. The SMILES string of the molecule is CCCN1C[C@@H](NC(=O)C(C)(CC)CC)C[C@@H]2c3ccc(C)c4[nH]c(C)c(c34)C[C@H]21. The third kappa shape index (κ3) is 3.37. The number of hydrogen-bond donors (Lipinski definition) is 2. The summed E-state index contributed by atoms with van der Waals surface area (Å²) in [6.07, 6.45) is 5.08. The third-order valence-corrected chi connectivity index (χ3v) is 8.21. The number of fused-ring (bicyclic) bond motifs is 2. The first kappa shape index (κ1) is 21.4. The van der Waals surface area contributed by atoms with Crippen molar-refractivity contribution in [2.45, 2.75) is 91.6 Å². The molecule has 1 fully saturated rings. The highest BCUT2D eigenvalue weighted by Crippen LogP contribution is 2.45. The number of aromatic nitrogens is 1. The first-order valence-electron chi connectivity index (χ1n) is 12.0. The van der Waals surface area contributed by atoms with Gasteiger partial charge in [0.25, 0.3) is 0 Å². The van der Waals surface area contributed by atoms with Crippen LogP contribution >= 0.6 is 0 Å². The van der Waals surface area contributed by atoms with Crippen molar-refractivity contribution in [3.63, 3.8) is 0 Å². The van der Waals surface area contributed by atoms with Gasteiger partial charge in [0.15, 0.2) is 0 Å². The zero-order valence-electron chi connectivity index (χ0n) is 19.7. The first-order valence-corrected chi connectivity index (χ1v) is 12.0. The monoisotopic (exact) mass is 409 g/mol. The number of amides is 1. The number of aromatic amines is 1. The number of carbonyl (C=O) groups excluding carboxylic acids is 1. The van der Waals surface area contributed by atoms with Crippen LogP contribution in [0.3, 0.4) is 0 Å². The summed E-state index contributed by atoms with van der Waals surface area (Å²) in [7, 11) is 0. The highest BCUT2D eigenvalue weighted by Gasteiger charge is 2.42. The Hall–Kier alpha value is -1.81. The molecule has 2 N–H and O–H groups in total. The van der Waals surface area contributed by atoms with Gasteiger partial charge in [-0.15, -0.1) is 0 Å². The zero-order valence-corrected chi connectivity index (χ0v) is 19.7. The Bertz CT molecular complexity index is 939. The van der Waals surface area contributed by atoms with Gasteiger partial charge < -0.3 is 10.3 Å². The maximum Gasteiger partial charge on any atom is 0.226 e. The van der Waals surface area contributed by atoms with Crippen molar-refractivity contribution in [1.82, 2.24) is 15.2 Å². The lowest BCUT2D eigenvalue weighted by molar-refractivity contribution is -0.132. The molecular formula is C26H39N3O. The van der Waals surface area contributed by atoms with Gasteiger partial charge in [0.1, 0.15) is 0 Å². The van der Waals surface area contributed by atoms with Gasteiger partial charge in [-0.05, 0) is 69.2 Å². The van der Waals surface area contributed by atoms with Crippen molar-refractivity contribution in [2.75, 3.05) is 13.1 Å². The third-order valence-electron chi connectivity index (χ3n) is 8.21. The Morgan fingerprint density at radius 1 is 1.23 bits per heavy atom. The summed E-state index contributed by atoms with van der Waals surface area (Å²) in [6, 6.07) is 5.40. The van der Waals surface area contributed by atoms with Crippen molar-refractivity contribution < 1.29 is 4.79 Å². The summed E-state index contributed by atoms with van der Waals surface area (Å²) >= 11 is 0. The molecule has 0 saturated carbocycles. The molecule has 1 aliphatic heterocycles. The smallest absolute Gasteiger partial charge is 0.226 e. The summed E-state index contributed by atoms with van der Waals surface area (Å²) in [4.78, 5) is 19.5. The van der Waals surface area contributed by atoms with Gasteiger partial charge in [-0.3, -0.25) is 9.69 Å². The maximum atomic E-state index is 13.1. The van der Waals surface area contributed by atoms with Crippen LogP contribution in [0.25, 0.3) is 10.9 Å². The second-order valence-electron chi connectivity index (χ2n) is 10.00. The quantitative estimate of drug-likeness (QED) is 0.687. The molecule has 1 aromatic carbocycles. The molecule has 1 aliphatic carbocycles. The summed E-state index contributed by atoms with van der Waals surface area (Å²) < 4.78 is 0. The van der Waals surface area contributed by atoms with Crippen LogP contribution < -0.4 is 5.32 Å². The van der Waals surface area contributed by atoms with Crippen molar-refractivity contribution in [3.05, 3.63) is 34.5 Å². The van der Waals surface area contributed by atoms with Gasteiger partial charge in [0, 0.05) is 46.6 Å². The lowest BCUT2D eigenvalue weighted by Crippen LogP contribution is -2.57. The fraction of sp³-hybridized carbons (Fsp3) is 0.654. The number of nitrogens with zero attached hydrogens (tertiary/aromatic N) is 1. The molecule has 2 aromatic rings. The Labute approximate surface area is 181 Å². The zero-order chi connectivity index (χ0) is 21.6. The van der Waals surface area contributed by atoms with Gasteiger partial charge in [0.2, 0.25) is 5.91 Å². The minimum absolute atomic E-state index is 0.223. The molecule has 2 aliphatic rings. The molecule has 0 unspecified atom stereocenters. The van der Waals surface area contributed by atoms with Crippen LogP contribution in [-0.4, -0.2) is 41.0 Å². The molecule has 0 radical (unpaired) electrons. The minimum Gasteiger partial charge on any atom is -0.358 e. The lowest BCUT2D eigenvalue weighted by atomic mass is 9.73. The normalized spacial score (nSPS) is 24.1. The van der Waals surface area contributed by atoms with Crippen molar-refractivity contribution in [2.24, 2.45) is 5.41 Å². The molecule has 1 aromatic heterocycles. The maximum absolute atomic E-state index is 13.1. The lowest BCUT2D eigenvalue weighted by Gasteiger charge is -2.48. The van der Waals surface area contributed by atoms with Crippen LogP contribution in [0.1, 0.15) is 81.7 Å². The van der Waals surface area contributed by atoms with Crippen LogP contribution in [0, 0.1) is 19.3 Å². The van der Waals surface area contributed by atoms with E-state index in [0.717, 1.165) is 45.2 Å². The molecule has 3 atom stereocenters. The van der Waals surface area contributed by atoms with E-state index in [2.05, 4.69) is 68.9 Å². The highest BCUT2D eigenvalue weighted by molar-refractivity contribution is 5.92. The molecule has 4 rings (SSSR count). The van der Waals surface area contributed by atoms with E-state index in [1.165, 1.54) is 33.3 Å². The van der Waals surface area contributed by atoms with Crippen LogP contribution in [0.5, 0.6) is 0 Å². The number of nitrogens with one attached hydrogen (secondary N) is 2. The molecule has 2 heterocycles. The van der Waals surface area contributed by atoms with Crippen LogP contribution in [0.15, 0.2) is 12.1 Å². The van der Waals surface area contributed by atoms with Crippen LogP contribution in [0.4, 0.5) is 0 Å². The predicted molar refractivity (Wildman–Crippen MR) is 125 cm³/mol. The number of hydrogen-bond acceptors (Lipinski definition) is 2. The Kier molecular flexibility index (Phi) is 5.73. The summed E-state index contributed by atoms with van der Waals surface area (Å²) in [6.45, 7) is 15.1. The van der Waals surface area contributed by atoms with Crippen molar-refractivity contribution >= 4 is 16.8 Å². The number of carbonyl (C=O) groups is 1. The number of likely N-dealkylation sites (tertiary alicyclic amines) is 1. The van der Waals surface area contributed by atoms with E-state index in [1.807, 2.05) is 0 Å². The Morgan fingerprint density at radius 3 is 2.63 bits per heavy atom. The fourth-order valence-electron chi connectivity index (χ4n) is 5.83. The second-order valence-corrected chi connectivity index (χ2v) is 10.00. The molecule has 1 saturated heterocycles. The van der Waals surface area contributed by atoms with Crippen molar-refractivity contribution in [3.8, 4) is 0 Å². The van der Waals surface area contributed by atoms with E-state index >= 15 is 0 Å².